The Labute approximate surface area is 51.7 Å². The van der Waals surface area contributed by atoms with E-state index in [0.29, 0.717) is 0 Å². The molecule has 0 fully saturated rings. The largest absolute Gasteiger partial charge is 0.363 e. The average Bonchev–Trinajstić information content (AvgIpc) is 1.67. The fourth-order valence-corrected chi connectivity index (χ4v) is 0.204. The van der Waals surface area contributed by atoms with Gasteiger partial charge in [0.1, 0.15) is 6.07 Å². The predicted molar refractivity (Wildman–Crippen MR) is 26.6 cm³/mol. The molecular weight excluding hydrogens is 128 g/mol. The number of nitrogens with zero attached hydrogens (tertiary/aromatic N) is 2. The Balaban J connectivity index is 3.82. The summed E-state index contributed by atoms with van der Waals surface area (Å²) in [7, 11) is 0. The van der Waals surface area contributed by atoms with Crippen LogP contribution in [0.1, 0.15) is 6.42 Å². The van der Waals surface area contributed by atoms with E-state index in [2.05, 4.69) is 0 Å². The Kier molecular flexibility index (Phi) is 2.27. The Bertz CT molecular complexity index is 152. The van der Waals surface area contributed by atoms with Gasteiger partial charge in [-0.3, -0.25) is 0 Å². The quantitative estimate of drug-likeness (QED) is 0.411. The van der Waals surface area contributed by atoms with Crippen molar-refractivity contribution in [2.75, 3.05) is 0 Å². The van der Waals surface area contributed by atoms with Crippen LogP contribution < -0.4 is 0 Å². The lowest BCUT2D eigenvalue weighted by molar-refractivity contribution is 0.192. The van der Waals surface area contributed by atoms with E-state index < -0.39 is 5.06 Å². The van der Waals surface area contributed by atoms with Gasteiger partial charge in [0, 0.05) is 0 Å². The minimum Gasteiger partial charge on any atom is -0.363 e. The van der Waals surface area contributed by atoms with Crippen molar-refractivity contribution in [3.63, 3.8) is 0 Å². The maximum atomic E-state index is 8.51. The molecule has 0 bridgehead atoms. The summed E-state index contributed by atoms with van der Waals surface area (Å²) in [5.41, 5.74) is 0. The molecule has 0 aromatic heterocycles. The molecule has 0 aliphatic carbocycles. The highest BCUT2D eigenvalue weighted by molar-refractivity contribution is 6.24. The smallest absolute Gasteiger partial charge is 0.239 e. The van der Waals surface area contributed by atoms with Gasteiger partial charge < -0.3 is 5.11 Å². The van der Waals surface area contributed by atoms with Crippen molar-refractivity contribution in [2.24, 2.45) is 0 Å². The molecule has 0 saturated carbocycles. The van der Waals surface area contributed by atoms with Crippen molar-refractivity contribution >= 4 is 11.6 Å². The first-order valence-electron chi connectivity index (χ1n) is 1.82. The van der Waals surface area contributed by atoms with Crippen LogP contribution >= 0.6 is 11.6 Å². The molecule has 0 spiro atoms. The minimum atomic E-state index is -1.99. The van der Waals surface area contributed by atoms with Gasteiger partial charge in [-0.2, -0.15) is 10.5 Å². The normalized spacial score (nSPS) is 15.5. The summed E-state index contributed by atoms with van der Waals surface area (Å²) in [5.74, 6) is 0. The van der Waals surface area contributed by atoms with Gasteiger partial charge in [0.15, 0.2) is 0 Å². The van der Waals surface area contributed by atoms with Crippen LogP contribution in [0.15, 0.2) is 0 Å². The highest BCUT2D eigenvalue weighted by Crippen LogP contribution is 2.12. The molecule has 0 heterocycles. The van der Waals surface area contributed by atoms with Gasteiger partial charge in [0.2, 0.25) is 5.06 Å². The van der Waals surface area contributed by atoms with Crippen molar-refractivity contribution in [3.05, 3.63) is 0 Å². The number of hydrogen-bond donors (Lipinski definition) is 1. The van der Waals surface area contributed by atoms with Crippen LogP contribution in [-0.4, -0.2) is 10.2 Å². The Morgan fingerprint density at radius 2 is 2.12 bits per heavy atom. The third-order valence-corrected chi connectivity index (χ3v) is 0.703. The topological polar surface area (TPSA) is 67.8 Å². The molecule has 0 aliphatic heterocycles. The van der Waals surface area contributed by atoms with E-state index in [1.54, 1.807) is 6.07 Å². The molecule has 0 aliphatic rings. The summed E-state index contributed by atoms with van der Waals surface area (Å²) in [6.07, 6.45) is -0.370. The highest BCUT2D eigenvalue weighted by Gasteiger charge is 2.21. The highest BCUT2D eigenvalue weighted by atomic mass is 35.5. The molecule has 8 heavy (non-hydrogen) atoms. The second-order valence-electron chi connectivity index (χ2n) is 1.21. The van der Waals surface area contributed by atoms with Crippen LogP contribution in [0.4, 0.5) is 0 Å². The zero-order valence-corrected chi connectivity index (χ0v) is 4.68. The summed E-state index contributed by atoms with van der Waals surface area (Å²) in [6, 6.07) is 2.90. The maximum absolute atomic E-state index is 8.51. The summed E-state index contributed by atoms with van der Waals surface area (Å²) in [4.78, 5) is 0. The summed E-state index contributed by atoms with van der Waals surface area (Å²) < 4.78 is 0. The molecule has 0 aromatic rings. The molecule has 42 valence electrons. The van der Waals surface area contributed by atoms with Crippen molar-refractivity contribution < 1.29 is 5.11 Å². The second kappa shape index (κ2) is 2.52. The standard InChI is InChI=1S/C4H3ClN2O/c5-4(8,3-7)1-2-6/h8H,1H2. The first-order chi connectivity index (χ1) is 3.62. The Morgan fingerprint density at radius 1 is 1.62 bits per heavy atom. The van der Waals surface area contributed by atoms with Crippen molar-refractivity contribution in [2.45, 2.75) is 11.5 Å². The number of alkyl halides is 1. The molecule has 0 amide bonds. The number of rotatable bonds is 1. The third kappa shape index (κ3) is 2.41. The van der Waals surface area contributed by atoms with Crippen LogP contribution in [0, 0.1) is 22.7 Å². The summed E-state index contributed by atoms with van der Waals surface area (Å²) >= 11 is 4.99. The van der Waals surface area contributed by atoms with E-state index in [1.165, 1.54) is 6.07 Å². The van der Waals surface area contributed by atoms with Crippen LogP contribution in [0.2, 0.25) is 0 Å². The number of halogens is 1. The van der Waals surface area contributed by atoms with Crippen LogP contribution in [0.5, 0.6) is 0 Å². The lowest BCUT2D eigenvalue weighted by atomic mass is 10.3. The molecule has 1 N–H and O–H groups in total. The van der Waals surface area contributed by atoms with E-state index in [-0.39, 0.29) is 6.42 Å². The van der Waals surface area contributed by atoms with Gasteiger partial charge in [-0.1, -0.05) is 11.6 Å². The van der Waals surface area contributed by atoms with Crippen LogP contribution in [0.25, 0.3) is 0 Å². The molecule has 0 aromatic carbocycles. The second-order valence-corrected chi connectivity index (χ2v) is 1.83. The molecule has 0 radical (unpaired) electrons. The summed E-state index contributed by atoms with van der Waals surface area (Å²) in [5, 5.41) is 22.3. The fraction of sp³-hybridized carbons (Fsp3) is 0.500. The van der Waals surface area contributed by atoms with Crippen LogP contribution in [-0.2, 0) is 0 Å². The molecule has 3 nitrogen and oxygen atoms in total. The Morgan fingerprint density at radius 3 is 2.25 bits per heavy atom. The van der Waals surface area contributed by atoms with Crippen molar-refractivity contribution in [3.8, 4) is 12.1 Å². The minimum absolute atomic E-state index is 0.370. The first kappa shape index (κ1) is 7.23. The van der Waals surface area contributed by atoms with Gasteiger partial charge in [-0.25, -0.2) is 0 Å². The van der Waals surface area contributed by atoms with E-state index >= 15 is 0 Å². The summed E-state index contributed by atoms with van der Waals surface area (Å²) in [6.45, 7) is 0. The van der Waals surface area contributed by atoms with Gasteiger partial charge in [-0.15, -0.1) is 0 Å². The molecule has 1 atom stereocenters. The number of aliphatic hydroxyl groups is 1. The number of hydrogen-bond acceptors (Lipinski definition) is 3. The van der Waals surface area contributed by atoms with Crippen molar-refractivity contribution in [1.29, 1.82) is 10.5 Å². The van der Waals surface area contributed by atoms with Crippen LogP contribution in [0.3, 0.4) is 0 Å². The molecule has 1 unspecified atom stereocenters. The zero-order valence-electron chi connectivity index (χ0n) is 3.93. The SMILES string of the molecule is N#CCC(O)(Cl)C#N. The fourth-order valence-electron chi connectivity index (χ4n) is 0.144. The lowest BCUT2D eigenvalue weighted by Gasteiger charge is -2.02. The van der Waals surface area contributed by atoms with E-state index in [1.807, 2.05) is 0 Å². The third-order valence-electron chi connectivity index (χ3n) is 0.485. The monoisotopic (exact) mass is 130 g/mol. The van der Waals surface area contributed by atoms with E-state index in [9.17, 15) is 0 Å². The predicted octanol–water partition coefficient (Wildman–Crippen LogP) is 0.351. The van der Waals surface area contributed by atoms with Gasteiger partial charge in [0.25, 0.3) is 0 Å². The van der Waals surface area contributed by atoms with Gasteiger partial charge in [-0.05, 0) is 0 Å². The molecule has 0 rings (SSSR count). The van der Waals surface area contributed by atoms with E-state index in [0.717, 1.165) is 0 Å². The van der Waals surface area contributed by atoms with Crippen molar-refractivity contribution in [1.82, 2.24) is 0 Å². The molecule has 0 saturated heterocycles. The average molecular weight is 131 g/mol. The van der Waals surface area contributed by atoms with Gasteiger partial charge in [0.05, 0.1) is 12.5 Å². The number of nitriles is 2. The Hall–Kier alpha value is -0.770. The molecular formula is C4H3ClN2O. The van der Waals surface area contributed by atoms with E-state index in [4.69, 9.17) is 27.2 Å². The zero-order chi connectivity index (χ0) is 6.62. The van der Waals surface area contributed by atoms with Gasteiger partial charge >= 0.3 is 0 Å². The lowest BCUT2D eigenvalue weighted by Crippen LogP contribution is -2.15. The first-order valence-corrected chi connectivity index (χ1v) is 2.19. The molecule has 4 heteroatoms. The maximum Gasteiger partial charge on any atom is 0.239 e.